The number of pyridine rings is 1. The van der Waals surface area contributed by atoms with Gasteiger partial charge in [0.05, 0.1) is 39.8 Å². The molecular formula is C28H30F2N6O3S. The molecule has 3 aromatic heterocycles. The van der Waals surface area contributed by atoms with E-state index < -0.39 is 41.8 Å². The zero-order chi connectivity index (χ0) is 28.1. The molecule has 3 heterocycles. The van der Waals surface area contributed by atoms with Crippen LogP contribution in [0.15, 0.2) is 30.5 Å². The molecule has 40 heavy (non-hydrogen) atoms. The standard InChI is InChI=1S/C28H30F2N6O3S/c1-12(20-16(29)4-3-5-17(20)30)32-28-33-13(2)21(26(36-28)34-18-10-15(11-37)24(38)25(18)39)27-35-23-19(40-27)8-9-31-22(23)14-6-7-14/h3-5,8-9,12,14-15,18,24-25,37-39H,6-7,10-11H2,1-2H3,(H2,32,33,34,36)/t12-,15-,18?,24-,25+/m1/s1. The fourth-order valence-electron chi connectivity index (χ4n) is 5.45. The van der Waals surface area contributed by atoms with E-state index in [0.29, 0.717) is 34.4 Å². The summed E-state index contributed by atoms with van der Waals surface area (Å²) in [5.74, 6) is -0.960. The lowest BCUT2D eigenvalue weighted by Crippen LogP contribution is -2.35. The van der Waals surface area contributed by atoms with Gasteiger partial charge in [0.2, 0.25) is 5.95 Å². The molecule has 1 unspecified atom stereocenters. The molecule has 0 radical (unpaired) electrons. The summed E-state index contributed by atoms with van der Waals surface area (Å²) in [5, 5.41) is 37.7. The minimum atomic E-state index is -1.14. The zero-order valence-corrected chi connectivity index (χ0v) is 22.8. The fourth-order valence-corrected chi connectivity index (χ4v) is 6.52. The highest BCUT2D eigenvalue weighted by Crippen LogP contribution is 2.44. The molecule has 12 heteroatoms. The second-order valence-electron chi connectivity index (χ2n) is 10.6. The Morgan fingerprint density at radius 2 is 1.82 bits per heavy atom. The number of rotatable bonds is 8. The van der Waals surface area contributed by atoms with Crippen LogP contribution in [0.3, 0.4) is 0 Å². The highest BCUT2D eigenvalue weighted by molar-refractivity contribution is 7.21. The fraction of sp³-hybridized carbons (Fsp3) is 0.429. The number of thiazole rings is 1. The SMILES string of the molecule is Cc1nc(N[C@H](C)c2c(F)cccc2F)nc(NC2C[C@H](CO)[C@@H](O)[C@H]2O)c1-c1nc2c(C3CC3)nccc2s1. The molecule has 4 aromatic rings. The Bertz CT molecular complexity index is 1540. The van der Waals surface area contributed by atoms with Gasteiger partial charge in [-0.1, -0.05) is 6.07 Å². The van der Waals surface area contributed by atoms with Gasteiger partial charge in [-0.2, -0.15) is 4.98 Å². The van der Waals surface area contributed by atoms with Gasteiger partial charge in [0.25, 0.3) is 0 Å². The molecule has 1 aromatic carbocycles. The summed E-state index contributed by atoms with van der Waals surface area (Å²) in [4.78, 5) is 18.8. The van der Waals surface area contributed by atoms with Crippen LogP contribution in [0.1, 0.15) is 55.1 Å². The predicted molar refractivity (Wildman–Crippen MR) is 148 cm³/mol. The van der Waals surface area contributed by atoms with Crippen molar-refractivity contribution in [3.63, 3.8) is 0 Å². The number of benzene rings is 1. The van der Waals surface area contributed by atoms with Crippen molar-refractivity contribution >= 4 is 33.3 Å². The normalized spacial score (nSPS) is 23.5. The van der Waals surface area contributed by atoms with Gasteiger partial charge < -0.3 is 26.0 Å². The van der Waals surface area contributed by atoms with Gasteiger partial charge in [-0.3, -0.25) is 4.98 Å². The van der Waals surface area contributed by atoms with E-state index in [1.807, 2.05) is 6.07 Å². The van der Waals surface area contributed by atoms with Crippen LogP contribution in [0.5, 0.6) is 0 Å². The number of hydrogen-bond acceptors (Lipinski definition) is 10. The average Bonchev–Trinajstić information content (AvgIpc) is 3.61. The van der Waals surface area contributed by atoms with Crippen LogP contribution in [0, 0.1) is 24.5 Å². The molecule has 5 atom stereocenters. The number of aromatic nitrogens is 4. The molecule has 0 bridgehead atoms. The number of halogens is 2. The Labute approximate surface area is 233 Å². The number of fused-ring (bicyclic) bond motifs is 1. The Hall–Kier alpha value is -3.32. The summed E-state index contributed by atoms with van der Waals surface area (Å²) in [5.41, 5.74) is 2.87. The second-order valence-corrected chi connectivity index (χ2v) is 11.6. The maximum absolute atomic E-state index is 14.4. The van der Waals surface area contributed by atoms with Gasteiger partial charge in [0, 0.05) is 30.2 Å². The van der Waals surface area contributed by atoms with Gasteiger partial charge in [-0.25, -0.2) is 18.7 Å². The first-order valence-electron chi connectivity index (χ1n) is 13.3. The number of hydrogen-bond donors (Lipinski definition) is 5. The van der Waals surface area contributed by atoms with Gasteiger partial charge in [-0.15, -0.1) is 11.3 Å². The van der Waals surface area contributed by atoms with Crippen molar-refractivity contribution in [2.75, 3.05) is 17.2 Å². The third kappa shape index (κ3) is 4.89. The van der Waals surface area contributed by atoms with Gasteiger partial charge >= 0.3 is 0 Å². The molecule has 6 rings (SSSR count). The van der Waals surface area contributed by atoms with Crippen LogP contribution < -0.4 is 10.6 Å². The molecule has 2 aliphatic carbocycles. The molecule has 2 aliphatic rings. The molecule has 2 saturated carbocycles. The number of aliphatic hydroxyl groups excluding tert-OH is 3. The maximum atomic E-state index is 14.4. The van der Waals surface area contributed by atoms with E-state index in [9.17, 15) is 24.1 Å². The molecule has 9 nitrogen and oxygen atoms in total. The Morgan fingerprint density at radius 1 is 1.07 bits per heavy atom. The summed E-state index contributed by atoms with van der Waals surface area (Å²) < 4.78 is 29.9. The summed E-state index contributed by atoms with van der Waals surface area (Å²) >= 11 is 1.48. The van der Waals surface area contributed by atoms with Crippen molar-refractivity contribution in [1.82, 2.24) is 19.9 Å². The van der Waals surface area contributed by atoms with E-state index in [1.165, 1.54) is 29.5 Å². The van der Waals surface area contributed by atoms with Crippen molar-refractivity contribution in [1.29, 1.82) is 0 Å². The Kier molecular flexibility index (Phi) is 7.11. The first-order chi connectivity index (χ1) is 19.2. The molecule has 0 amide bonds. The van der Waals surface area contributed by atoms with Crippen molar-refractivity contribution in [2.24, 2.45) is 5.92 Å². The summed E-state index contributed by atoms with van der Waals surface area (Å²) in [7, 11) is 0. The minimum Gasteiger partial charge on any atom is -0.396 e. The number of aryl methyl sites for hydroxylation is 1. The van der Waals surface area contributed by atoms with Crippen LogP contribution in [0.4, 0.5) is 20.5 Å². The summed E-state index contributed by atoms with van der Waals surface area (Å²) in [6.07, 6.45) is 2.05. The van der Waals surface area contributed by atoms with Crippen LogP contribution in [-0.4, -0.2) is 60.1 Å². The van der Waals surface area contributed by atoms with Crippen molar-refractivity contribution in [3.8, 4) is 10.6 Å². The Balaban J connectivity index is 1.41. The van der Waals surface area contributed by atoms with E-state index in [1.54, 1.807) is 20.0 Å². The smallest absolute Gasteiger partial charge is 0.225 e. The lowest BCUT2D eigenvalue weighted by Gasteiger charge is -2.22. The van der Waals surface area contributed by atoms with Crippen LogP contribution in [0.25, 0.3) is 20.8 Å². The molecule has 0 saturated heterocycles. The van der Waals surface area contributed by atoms with Gasteiger partial charge in [0.15, 0.2) is 0 Å². The van der Waals surface area contributed by atoms with Crippen LogP contribution >= 0.6 is 11.3 Å². The predicted octanol–water partition coefficient (Wildman–Crippen LogP) is 4.30. The summed E-state index contributed by atoms with van der Waals surface area (Å²) in [6.45, 7) is 3.15. The van der Waals surface area contributed by atoms with E-state index >= 15 is 0 Å². The monoisotopic (exact) mass is 568 g/mol. The first kappa shape index (κ1) is 26.9. The van der Waals surface area contributed by atoms with E-state index in [0.717, 1.165) is 28.8 Å². The van der Waals surface area contributed by atoms with Crippen molar-refractivity contribution in [3.05, 3.63) is 59.0 Å². The molecule has 5 N–H and O–H groups in total. The van der Waals surface area contributed by atoms with E-state index in [-0.39, 0.29) is 18.1 Å². The molecule has 2 fully saturated rings. The largest absolute Gasteiger partial charge is 0.396 e. The molecule has 0 spiro atoms. The average molecular weight is 569 g/mol. The number of anilines is 2. The zero-order valence-electron chi connectivity index (χ0n) is 22.0. The van der Waals surface area contributed by atoms with Crippen LogP contribution in [0.2, 0.25) is 0 Å². The molecular weight excluding hydrogens is 538 g/mol. The molecule has 210 valence electrons. The lowest BCUT2D eigenvalue weighted by molar-refractivity contribution is 0.00446. The third-order valence-electron chi connectivity index (χ3n) is 7.74. The number of aliphatic hydroxyl groups is 3. The highest BCUT2D eigenvalue weighted by Gasteiger charge is 2.41. The first-order valence-corrected chi connectivity index (χ1v) is 14.1. The maximum Gasteiger partial charge on any atom is 0.225 e. The lowest BCUT2D eigenvalue weighted by atomic mass is 10.1. The third-order valence-corrected chi connectivity index (χ3v) is 8.78. The van der Waals surface area contributed by atoms with Gasteiger partial charge in [0.1, 0.15) is 34.1 Å². The number of nitrogens with one attached hydrogen (secondary N) is 2. The number of nitrogens with zero attached hydrogens (tertiary/aromatic N) is 4. The summed E-state index contributed by atoms with van der Waals surface area (Å²) in [6, 6.07) is 4.23. The molecule has 0 aliphatic heterocycles. The van der Waals surface area contributed by atoms with Crippen molar-refractivity contribution in [2.45, 2.75) is 63.3 Å². The quantitative estimate of drug-likeness (QED) is 0.211. The minimum absolute atomic E-state index is 0.131. The topological polar surface area (TPSA) is 136 Å². The van der Waals surface area contributed by atoms with Crippen LogP contribution in [-0.2, 0) is 0 Å². The second kappa shape index (κ2) is 10.6. The Morgan fingerprint density at radius 3 is 2.50 bits per heavy atom. The van der Waals surface area contributed by atoms with Gasteiger partial charge in [-0.05, 0) is 51.3 Å². The van der Waals surface area contributed by atoms with Crippen molar-refractivity contribution < 1.29 is 24.1 Å². The van der Waals surface area contributed by atoms with E-state index in [4.69, 9.17) is 4.98 Å². The van der Waals surface area contributed by atoms with E-state index in [2.05, 4.69) is 25.6 Å². The highest BCUT2D eigenvalue weighted by atomic mass is 32.1.